The minimum Gasteiger partial charge on any atom is -0.487 e. The summed E-state index contributed by atoms with van der Waals surface area (Å²) in [6.45, 7) is 1.98. The van der Waals surface area contributed by atoms with Crippen LogP contribution in [-0.4, -0.2) is 22.8 Å². The van der Waals surface area contributed by atoms with Gasteiger partial charge in [0.1, 0.15) is 11.9 Å². The Morgan fingerprint density at radius 3 is 3.12 bits per heavy atom. The summed E-state index contributed by atoms with van der Waals surface area (Å²) in [4.78, 5) is 14.1. The van der Waals surface area contributed by atoms with Crippen LogP contribution in [0.5, 0.6) is 5.75 Å². The predicted octanol–water partition coefficient (Wildman–Crippen LogP) is 1.13. The lowest BCUT2D eigenvalue weighted by molar-refractivity contribution is 0.136. The molecule has 0 amide bonds. The van der Waals surface area contributed by atoms with Crippen molar-refractivity contribution in [2.24, 2.45) is 0 Å². The van der Waals surface area contributed by atoms with Gasteiger partial charge < -0.3 is 14.8 Å². The monoisotopic (exact) mass is 231 g/mol. The van der Waals surface area contributed by atoms with Crippen molar-refractivity contribution in [3.63, 3.8) is 0 Å². The van der Waals surface area contributed by atoms with Gasteiger partial charge in [0, 0.05) is 17.9 Å². The van der Waals surface area contributed by atoms with E-state index in [0.717, 1.165) is 34.2 Å². The first-order valence-corrected chi connectivity index (χ1v) is 5.62. The molecule has 1 aliphatic rings. The molecule has 1 atom stereocenters. The van der Waals surface area contributed by atoms with Gasteiger partial charge in [0.15, 0.2) is 0 Å². The van der Waals surface area contributed by atoms with Gasteiger partial charge in [-0.2, -0.15) is 0 Å². The highest BCUT2D eigenvalue weighted by Crippen LogP contribution is 2.36. The molecule has 0 saturated carbocycles. The van der Waals surface area contributed by atoms with Gasteiger partial charge in [0.2, 0.25) is 5.56 Å². The van der Waals surface area contributed by atoms with Gasteiger partial charge in [-0.3, -0.25) is 4.79 Å². The highest BCUT2D eigenvalue weighted by molar-refractivity contribution is 5.89. The second-order valence-corrected chi connectivity index (χ2v) is 4.42. The number of benzene rings is 1. The van der Waals surface area contributed by atoms with Crippen LogP contribution < -0.4 is 10.3 Å². The normalized spacial score (nSPS) is 18.1. The lowest BCUT2D eigenvalue weighted by Gasteiger charge is -2.09. The molecule has 0 aliphatic carbocycles. The zero-order valence-corrected chi connectivity index (χ0v) is 9.49. The first-order valence-electron chi connectivity index (χ1n) is 5.62. The molecule has 1 aromatic heterocycles. The van der Waals surface area contributed by atoms with E-state index in [1.54, 1.807) is 6.07 Å². The summed E-state index contributed by atoms with van der Waals surface area (Å²) in [7, 11) is 0. The maximum Gasteiger partial charge on any atom is 0.248 e. The van der Waals surface area contributed by atoms with E-state index in [1.807, 2.05) is 13.0 Å². The van der Waals surface area contributed by atoms with Crippen LogP contribution in [0.1, 0.15) is 11.1 Å². The fraction of sp³-hybridized carbons (Fsp3) is 0.308. The molecule has 0 saturated heterocycles. The summed E-state index contributed by atoms with van der Waals surface area (Å²) in [5.74, 6) is 0.793. The number of aliphatic hydroxyl groups excluding tert-OH is 1. The molecule has 1 aliphatic heterocycles. The zero-order valence-electron chi connectivity index (χ0n) is 9.49. The van der Waals surface area contributed by atoms with E-state index in [1.165, 1.54) is 6.07 Å². The fourth-order valence-electron chi connectivity index (χ4n) is 2.39. The number of fused-ring (bicyclic) bond motifs is 3. The molecule has 1 aromatic carbocycles. The summed E-state index contributed by atoms with van der Waals surface area (Å²) in [5.41, 5.74) is 2.83. The van der Waals surface area contributed by atoms with Crippen LogP contribution in [0, 0.1) is 6.92 Å². The Labute approximate surface area is 97.9 Å². The van der Waals surface area contributed by atoms with Crippen LogP contribution in [0.15, 0.2) is 23.0 Å². The summed E-state index contributed by atoms with van der Waals surface area (Å²) in [6, 6.07) is 5.29. The molecular weight excluding hydrogens is 218 g/mol. The average Bonchev–Trinajstić information content (AvgIpc) is 2.72. The minimum atomic E-state index is -0.165. The molecule has 88 valence electrons. The first-order chi connectivity index (χ1) is 8.19. The Morgan fingerprint density at radius 2 is 2.35 bits per heavy atom. The van der Waals surface area contributed by atoms with Crippen molar-refractivity contribution >= 4 is 10.9 Å². The molecule has 4 heteroatoms. The number of hydrogen-bond donors (Lipinski definition) is 2. The third kappa shape index (κ3) is 1.52. The molecule has 1 unspecified atom stereocenters. The molecule has 2 N–H and O–H groups in total. The first kappa shape index (κ1) is 10.4. The number of rotatable bonds is 1. The molecule has 0 spiro atoms. The van der Waals surface area contributed by atoms with Crippen molar-refractivity contribution in [3.05, 3.63) is 39.7 Å². The van der Waals surface area contributed by atoms with Gasteiger partial charge in [-0.1, -0.05) is 6.07 Å². The quantitative estimate of drug-likeness (QED) is 0.773. The molecule has 4 nitrogen and oxygen atoms in total. The number of pyridine rings is 1. The summed E-state index contributed by atoms with van der Waals surface area (Å²) >= 11 is 0. The van der Waals surface area contributed by atoms with Crippen molar-refractivity contribution in [1.82, 2.24) is 4.98 Å². The van der Waals surface area contributed by atoms with Crippen molar-refractivity contribution in [2.75, 3.05) is 6.61 Å². The van der Waals surface area contributed by atoms with Gasteiger partial charge in [-0.25, -0.2) is 0 Å². The van der Waals surface area contributed by atoms with E-state index in [2.05, 4.69) is 4.98 Å². The fourth-order valence-corrected chi connectivity index (χ4v) is 2.39. The number of aromatic amines is 1. The highest BCUT2D eigenvalue weighted by Gasteiger charge is 2.25. The lowest BCUT2D eigenvalue weighted by atomic mass is 10.0. The number of H-pyrrole nitrogens is 1. The van der Waals surface area contributed by atoms with Crippen LogP contribution >= 0.6 is 0 Å². The van der Waals surface area contributed by atoms with Crippen molar-refractivity contribution in [1.29, 1.82) is 0 Å². The number of hydrogen-bond acceptors (Lipinski definition) is 3. The third-order valence-electron chi connectivity index (χ3n) is 3.18. The van der Waals surface area contributed by atoms with Crippen molar-refractivity contribution < 1.29 is 9.84 Å². The highest BCUT2D eigenvalue weighted by atomic mass is 16.5. The van der Waals surface area contributed by atoms with Crippen LogP contribution in [0.25, 0.3) is 10.9 Å². The number of aliphatic hydroxyl groups is 1. The molecule has 3 rings (SSSR count). The van der Waals surface area contributed by atoms with E-state index in [4.69, 9.17) is 9.84 Å². The van der Waals surface area contributed by atoms with E-state index in [9.17, 15) is 4.79 Å². The molecular formula is C13H13NO3. The van der Waals surface area contributed by atoms with Gasteiger partial charge in [-0.05, 0) is 24.1 Å². The number of aromatic nitrogens is 1. The number of nitrogens with one attached hydrogen (secondary N) is 1. The minimum absolute atomic E-state index is 0.0125. The maximum atomic E-state index is 11.3. The van der Waals surface area contributed by atoms with Crippen LogP contribution in [0.4, 0.5) is 0 Å². The van der Waals surface area contributed by atoms with E-state index < -0.39 is 0 Å². The van der Waals surface area contributed by atoms with Crippen LogP contribution in [-0.2, 0) is 6.42 Å². The second kappa shape index (κ2) is 3.60. The maximum absolute atomic E-state index is 11.3. The molecule has 17 heavy (non-hydrogen) atoms. The molecule has 2 heterocycles. The van der Waals surface area contributed by atoms with Crippen molar-refractivity contribution in [3.8, 4) is 5.75 Å². The Hall–Kier alpha value is -1.81. The van der Waals surface area contributed by atoms with E-state index in [-0.39, 0.29) is 18.3 Å². The van der Waals surface area contributed by atoms with E-state index in [0.29, 0.717) is 0 Å². The van der Waals surface area contributed by atoms with Gasteiger partial charge in [-0.15, -0.1) is 0 Å². The molecule has 0 bridgehead atoms. The zero-order chi connectivity index (χ0) is 12.0. The van der Waals surface area contributed by atoms with Crippen molar-refractivity contribution in [2.45, 2.75) is 19.4 Å². The van der Waals surface area contributed by atoms with Gasteiger partial charge in [0.05, 0.1) is 12.1 Å². The SMILES string of the molecule is Cc1cc2c(c3ccc(=O)[nH]c13)OC(CO)C2. The molecule has 0 fully saturated rings. The smallest absolute Gasteiger partial charge is 0.248 e. The average molecular weight is 231 g/mol. The standard InChI is InChI=1S/C13H13NO3/c1-7-4-8-5-9(6-15)17-13(8)10-2-3-11(16)14-12(7)10/h2-4,9,15H,5-6H2,1H3,(H,14,16). The summed E-state index contributed by atoms with van der Waals surface area (Å²) in [5, 5.41) is 10.1. The number of ether oxygens (including phenoxy) is 1. The molecule has 2 aromatic rings. The Balaban J connectivity index is 2.30. The van der Waals surface area contributed by atoms with Crippen LogP contribution in [0.2, 0.25) is 0 Å². The van der Waals surface area contributed by atoms with Gasteiger partial charge in [0.25, 0.3) is 0 Å². The Kier molecular flexibility index (Phi) is 2.19. The molecule has 0 radical (unpaired) electrons. The van der Waals surface area contributed by atoms with Crippen LogP contribution in [0.3, 0.4) is 0 Å². The van der Waals surface area contributed by atoms with E-state index >= 15 is 0 Å². The largest absolute Gasteiger partial charge is 0.487 e. The summed E-state index contributed by atoms with van der Waals surface area (Å²) < 4.78 is 5.69. The second-order valence-electron chi connectivity index (χ2n) is 4.42. The topological polar surface area (TPSA) is 62.3 Å². The number of aryl methyl sites for hydroxylation is 1. The van der Waals surface area contributed by atoms with Gasteiger partial charge >= 0.3 is 0 Å². The third-order valence-corrected chi connectivity index (χ3v) is 3.18. The Morgan fingerprint density at radius 1 is 1.53 bits per heavy atom. The lowest BCUT2D eigenvalue weighted by Crippen LogP contribution is -2.17. The predicted molar refractivity (Wildman–Crippen MR) is 64.5 cm³/mol. The Bertz CT molecular complexity index is 645. The summed E-state index contributed by atoms with van der Waals surface area (Å²) in [6.07, 6.45) is 0.559.